The van der Waals surface area contributed by atoms with Gasteiger partial charge < -0.3 is 10.6 Å². The van der Waals surface area contributed by atoms with E-state index in [1.165, 1.54) is 6.20 Å². The highest BCUT2D eigenvalue weighted by Crippen LogP contribution is 2.19. The molecule has 1 amide bonds. The molecule has 0 atom stereocenters. The molecule has 1 saturated heterocycles. The Hall–Kier alpha value is -1.34. The van der Waals surface area contributed by atoms with Gasteiger partial charge in [0.15, 0.2) is 0 Å². The third-order valence-corrected chi connectivity index (χ3v) is 5.36. The van der Waals surface area contributed by atoms with Gasteiger partial charge in [-0.3, -0.25) is 4.79 Å². The van der Waals surface area contributed by atoms with E-state index in [1.807, 2.05) is 6.92 Å². The van der Waals surface area contributed by atoms with Crippen molar-refractivity contribution in [1.82, 2.24) is 10.3 Å². The predicted molar refractivity (Wildman–Crippen MR) is 82.6 cm³/mol. The third-order valence-electron chi connectivity index (χ3n) is 3.35. The summed E-state index contributed by atoms with van der Waals surface area (Å²) < 4.78 is 22.7. The minimum atomic E-state index is -2.94. The van der Waals surface area contributed by atoms with Gasteiger partial charge in [0.05, 0.1) is 22.1 Å². The summed E-state index contributed by atoms with van der Waals surface area (Å²) in [4.78, 5) is 16.3. The van der Waals surface area contributed by atoms with Gasteiger partial charge >= 0.3 is 0 Å². The van der Waals surface area contributed by atoms with Crippen molar-refractivity contribution in [3.05, 3.63) is 22.8 Å². The average molecular weight is 332 g/mol. The highest BCUT2D eigenvalue weighted by Gasteiger charge is 2.25. The molecule has 0 radical (unpaired) electrons. The number of aromatic nitrogens is 1. The lowest BCUT2D eigenvalue weighted by molar-refractivity contribution is 0.0934. The maximum atomic E-state index is 12.3. The van der Waals surface area contributed by atoms with Crippen LogP contribution in [0.25, 0.3) is 0 Å². The molecule has 0 spiro atoms. The van der Waals surface area contributed by atoms with Crippen LogP contribution in [0.1, 0.15) is 30.1 Å². The summed E-state index contributed by atoms with van der Waals surface area (Å²) in [6, 6.07) is 1.47. The van der Waals surface area contributed by atoms with E-state index in [-0.39, 0.29) is 28.5 Å². The maximum absolute atomic E-state index is 12.3. The first-order valence-corrected chi connectivity index (χ1v) is 9.02. The Labute approximate surface area is 129 Å². The van der Waals surface area contributed by atoms with Crippen molar-refractivity contribution < 1.29 is 13.2 Å². The number of rotatable bonds is 4. The summed E-state index contributed by atoms with van der Waals surface area (Å²) in [5.74, 6) is 0.513. The van der Waals surface area contributed by atoms with Gasteiger partial charge in [-0.05, 0) is 25.8 Å². The van der Waals surface area contributed by atoms with Crippen molar-refractivity contribution >= 4 is 33.2 Å². The lowest BCUT2D eigenvalue weighted by Crippen LogP contribution is -2.41. The number of anilines is 1. The highest BCUT2D eigenvalue weighted by molar-refractivity contribution is 7.91. The molecule has 2 rings (SSSR count). The number of pyridine rings is 1. The van der Waals surface area contributed by atoms with Crippen molar-refractivity contribution in [2.24, 2.45) is 0 Å². The minimum Gasteiger partial charge on any atom is -0.370 e. The SMILES string of the molecule is CCNc1cc(C(=O)NC2CCS(=O)(=O)CC2)c(Cl)cn1. The quantitative estimate of drug-likeness (QED) is 0.872. The van der Waals surface area contributed by atoms with Crippen molar-refractivity contribution in [3.8, 4) is 0 Å². The van der Waals surface area contributed by atoms with Crippen molar-refractivity contribution in [2.75, 3.05) is 23.4 Å². The zero-order chi connectivity index (χ0) is 15.5. The Morgan fingerprint density at radius 3 is 2.71 bits per heavy atom. The number of nitrogens with one attached hydrogen (secondary N) is 2. The molecule has 6 nitrogen and oxygen atoms in total. The Balaban J connectivity index is 2.05. The van der Waals surface area contributed by atoms with Gasteiger partial charge in [0.25, 0.3) is 5.91 Å². The van der Waals surface area contributed by atoms with Crippen LogP contribution in [0.2, 0.25) is 5.02 Å². The van der Waals surface area contributed by atoms with E-state index in [1.54, 1.807) is 6.07 Å². The summed E-state index contributed by atoms with van der Waals surface area (Å²) in [6.07, 6.45) is 2.31. The molecule has 1 aliphatic heterocycles. The Morgan fingerprint density at radius 1 is 1.43 bits per heavy atom. The molecule has 0 aliphatic carbocycles. The lowest BCUT2D eigenvalue weighted by atomic mass is 10.1. The smallest absolute Gasteiger partial charge is 0.253 e. The van der Waals surface area contributed by atoms with E-state index in [9.17, 15) is 13.2 Å². The van der Waals surface area contributed by atoms with E-state index < -0.39 is 9.84 Å². The van der Waals surface area contributed by atoms with Gasteiger partial charge in [-0.1, -0.05) is 11.6 Å². The number of sulfone groups is 1. The standard InChI is InChI=1S/C13H18ClN3O3S/c1-2-15-12-7-10(11(14)8-16-12)13(18)17-9-3-5-21(19,20)6-4-9/h7-9H,2-6H2,1H3,(H,15,16)(H,17,18). The topological polar surface area (TPSA) is 88.2 Å². The van der Waals surface area contributed by atoms with Crippen molar-refractivity contribution in [1.29, 1.82) is 0 Å². The highest BCUT2D eigenvalue weighted by atomic mass is 35.5. The molecule has 0 unspecified atom stereocenters. The largest absolute Gasteiger partial charge is 0.370 e. The molecule has 0 saturated carbocycles. The van der Waals surface area contributed by atoms with Gasteiger partial charge in [0.2, 0.25) is 0 Å². The van der Waals surface area contributed by atoms with Crippen LogP contribution in [0.3, 0.4) is 0 Å². The van der Waals surface area contributed by atoms with Crippen LogP contribution in [0.5, 0.6) is 0 Å². The number of carbonyl (C=O) groups is 1. The molecule has 0 aromatic carbocycles. The second-order valence-electron chi connectivity index (χ2n) is 4.98. The monoisotopic (exact) mass is 331 g/mol. The Bertz CT molecular complexity index is 620. The van der Waals surface area contributed by atoms with Crippen LogP contribution in [-0.2, 0) is 9.84 Å². The molecular weight excluding hydrogens is 314 g/mol. The molecule has 2 heterocycles. The number of halogens is 1. The molecule has 1 fully saturated rings. The number of nitrogens with zero attached hydrogens (tertiary/aromatic N) is 1. The summed E-state index contributed by atoms with van der Waals surface area (Å²) in [5, 5.41) is 6.13. The number of hydrogen-bond donors (Lipinski definition) is 2. The van der Waals surface area contributed by atoms with Crippen molar-refractivity contribution in [2.45, 2.75) is 25.8 Å². The number of carbonyl (C=O) groups excluding carboxylic acids is 1. The normalized spacial score (nSPS) is 18.2. The molecule has 8 heteroatoms. The van der Waals surface area contributed by atoms with E-state index in [2.05, 4.69) is 15.6 Å². The molecule has 1 aromatic heterocycles. The van der Waals surface area contributed by atoms with Gasteiger partial charge in [0.1, 0.15) is 15.7 Å². The van der Waals surface area contributed by atoms with Crippen LogP contribution < -0.4 is 10.6 Å². The summed E-state index contributed by atoms with van der Waals surface area (Å²) >= 11 is 6.01. The first-order chi connectivity index (χ1) is 9.91. The number of amides is 1. The molecule has 0 bridgehead atoms. The predicted octanol–water partition coefficient (Wildman–Crippen LogP) is 1.47. The van der Waals surface area contributed by atoms with Crippen LogP contribution in [-0.4, -0.2) is 43.4 Å². The molecule has 2 N–H and O–H groups in total. The second kappa shape index (κ2) is 6.62. The zero-order valence-electron chi connectivity index (χ0n) is 11.7. The molecule has 1 aromatic rings. The van der Waals surface area contributed by atoms with E-state index in [0.717, 1.165) is 0 Å². The second-order valence-corrected chi connectivity index (χ2v) is 7.69. The Kier molecular flexibility index (Phi) is 5.05. The summed E-state index contributed by atoms with van der Waals surface area (Å²) in [6.45, 7) is 2.62. The van der Waals surface area contributed by atoms with E-state index >= 15 is 0 Å². The average Bonchev–Trinajstić information content (AvgIpc) is 2.43. The molecular formula is C13H18ClN3O3S. The summed E-state index contributed by atoms with van der Waals surface area (Å²) in [5.41, 5.74) is 0.344. The molecule has 1 aliphatic rings. The number of hydrogen-bond acceptors (Lipinski definition) is 5. The zero-order valence-corrected chi connectivity index (χ0v) is 13.3. The van der Waals surface area contributed by atoms with E-state index in [0.29, 0.717) is 30.8 Å². The van der Waals surface area contributed by atoms with Gasteiger partial charge in [-0.15, -0.1) is 0 Å². The van der Waals surface area contributed by atoms with Crippen LogP contribution in [0.15, 0.2) is 12.3 Å². The van der Waals surface area contributed by atoms with Gasteiger partial charge in [0, 0.05) is 18.8 Å². The summed E-state index contributed by atoms with van der Waals surface area (Å²) in [7, 11) is -2.94. The first-order valence-electron chi connectivity index (χ1n) is 6.82. The Morgan fingerprint density at radius 2 is 2.10 bits per heavy atom. The molecule has 116 valence electrons. The van der Waals surface area contributed by atoms with Crippen LogP contribution in [0.4, 0.5) is 5.82 Å². The first kappa shape index (κ1) is 16.0. The van der Waals surface area contributed by atoms with E-state index in [4.69, 9.17) is 11.6 Å². The fraction of sp³-hybridized carbons (Fsp3) is 0.538. The van der Waals surface area contributed by atoms with Crippen LogP contribution >= 0.6 is 11.6 Å². The lowest BCUT2D eigenvalue weighted by Gasteiger charge is -2.23. The molecule has 21 heavy (non-hydrogen) atoms. The third kappa shape index (κ3) is 4.31. The van der Waals surface area contributed by atoms with Crippen molar-refractivity contribution in [3.63, 3.8) is 0 Å². The van der Waals surface area contributed by atoms with Crippen LogP contribution in [0, 0.1) is 0 Å². The fourth-order valence-corrected chi connectivity index (χ4v) is 3.87. The fourth-order valence-electron chi connectivity index (χ4n) is 2.19. The maximum Gasteiger partial charge on any atom is 0.253 e. The van der Waals surface area contributed by atoms with Gasteiger partial charge in [-0.2, -0.15) is 0 Å². The minimum absolute atomic E-state index is 0.116. The van der Waals surface area contributed by atoms with Gasteiger partial charge in [-0.25, -0.2) is 13.4 Å².